The monoisotopic (exact) mass is 214 g/mol. The summed E-state index contributed by atoms with van der Waals surface area (Å²) in [4.78, 5) is 0. The zero-order valence-corrected chi connectivity index (χ0v) is 8.95. The molecule has 0 saturated carbocycles. The predicted octanol–water partition coefficient (Wildman–Crippen LogP) is 2.19. The molecule has 0 bridgehead atoms. The highest BCUT2D eigenvalue weighted by molar-refractivity contribution is 6.20. The zero-order chi connectivity index (χ0) is 10.4. The smallest absolute Gasteiger partial charge is 0.0934 e. The van der Waals surface area contributed by atoms with Crippen LogP contribution in [0.4, 0.5) is 0 Å². The Morgan fingerprint density at radius 2 is 2.00 bits per heavy atom. The molecule has 2 unspecified atom stereocenters. The lowest BCUT2D eigenvalue weighted by Gasteiger charge is -2.12. The van der Waals surface area contributed by atoms with Crippen LogP contribution in [0.2, 0.25) is 0 Å². The van der Waals surface area contributed by atoms with E-state index in [1.54, 1.807) is 6.92 Å². The summed E-state index contributed by atoms with van der Waals surface area (Å²) in [6.45, 7) is 2.54. The molecule has 1 N–H and O–H groups in total. The first-order valence-electron chi connectivity index (χ1n) is 4.64. The molecule has 78 valence electrons. The van der Waals surface area contributed by atoms with Gasteiger partial charge in [-0.1, -0.05) is 30.3 Å². The first kappa shape index (κ1) is 11.5. The lowest BCUT2D eigenvalue weighted by atomic mass is 10.2. The van der Waals surface area contributed by atoms with Gasteiger partial charge in [0.2, 0.25) is 0 Å². The van der Waals surface area contributed by atoms with Gasteiger partial charge in [-0.25, -0.2) is 0 Å². The number of alkyl halides is 1. The fourth-order valence-electron chi connectivity index (χ4n) is 1.00. The average Bonchev–Trinajstić information content (AvgIpc) is 2.19. The summed E-state index contributed by atoms with van der Waals surface area (Å²) >= 11 is 5.68. The highest BCUT2D eigenvalue weighted by Gasteiger charge is 2.10. The van der Waals surface area contributed by atoms with Crippen molar-refractivity contribution in [1.29, 1.82) is 0 Å². The van der Waals surface area contributed by atoms with E-state index in [1.165, 1.54) is 0 Å². The van der Waals surface area contributed by atoms with Crippen molar-refractivity contribution in [2.45, 2.75) is 25.0 Å². The molecule has 1 aromatic rings. The Bertz CT molecular complexity index is 249. The van der Waals surface area contributed by atoms with Gasteiger partial charge in [0.15, 0.2) is 0 Å². The summed E-state index contributed by atoms with van der Waals surface area (Å²) < 4.78 is 5.31. The third kappa shape index (κ3) is 4.09. The maximum Gasteiger partial charge on any atom is 0.0934 e. The van der Waals surface area contributed by atoms with E-state index in [4.69, 9.17) is 16.3 Å². The van der Waals surface area contributed by atoms with Crippen molar-refractivity contribution in [1.82, 2.24) is 0 Å². The largest absolute Gasteiger partial charge is 0.389 e. The van der Waals surface area contributed by atoms with E-state index >= 15 is 0 Å². The molecular weight excluding hydrogens is 200 g/mol. The van der Waals surface area contributed by atoms with Crippen LogP contribution in [0.5, 0.6) is 0 Å². The lowest BCUT2D eigenvalue weighted by molar-refractivity contribution is 0.0287. The van der Waals surface area contributed by atoms with E-state index in [0.29, 0.717) is 6.61 Å². The van der Waals surface area contributed by atoms with Gasteiger partial charge in [0.25, 0.3) is 0 Å². The van der Waals surface area contributed by atoms with Gasteiger partial charge < -0.3 is 9.84 Å². The van der Waals surface area contributed by atoms with Crippen molar-refractivity contribution >= 4 is 11.6 Å². The first-order valence-corrected chi connectivity index (χ1v) is 5.07. The van der Waals surface area contributed by atoms with Gasteiger partial charge in [-0.15, -0.1) is 11.6 Å². The highest BCUT2D eigenvalue weighted by atomic mass is 35.5. The molecule has 1 rings (SSSR count). The number of halogens is 1. The molecule has 1 aromatic carbocycles. The highest BCUT2D eigenvalue weighted by Crippen LogP contribution is 2.04. The fraction of sp³-hybridized carbons (Fsp3) is 0.455. The second kappa shape index (κ2) is 6.02. The molecule has 0 saturated heterocycles. The van der Waals surface area contributed by atoms with Crippen LogP contribution in [0.3, 0.4) is 0 Å². The van der Waals surface area contributed by atoms with Gasteiger partial charge in [-0.05, 0) is 12.5 Å². The Morgan fingerprint density at radius 1 is 1.36 bits per heavy atom. The van der Waals surface area contributed by atoms with Crippen molar-refractivity contribution in [2.24, 2.45) is 0 Å². The minimum absolute atomic E-state index is 0.272. The van der Waals surface area contributed by atoms with Gasteiger partial charge in [0, 0.05) is 0 Å². The van der Waals surface area contributed by atoms with E-state index in [1.807, 2.05) is 30.3 Å². The van der Waals surface area contributed by atoms with Crippen LogP contribution < -0.4 is 0 Å². The lowest BCUT2D eigenvalue weighted by Crippen LogP contribution is -2.23. The van der Waals surface area contributed by atoms with Gasteiger partial charge in [-0.3, -0.25) is 0 Å². The molecule has 0 spiro atoms. The summed E-state index contributed by atoms with van der Waals surface area (Å²) in [7, 11) is 0. The number of hydrogen-bond donors (Lipinski definition) is 1. The van der Waals surface area contributed by atoms with Gasteiger partial charge in [-0.2, -0.15) is 0 Å². The van der Waals surface area contributed by atoms with E-state index in [9.17, 15) is 5.11 Å². The molecule has 2 atom stereocenters. The second-order valence-corrected chi connectivity index (χ2v) is 3.93. The molecule has 0 radical (unpaired) electrons. The molecule has 3 heteroatoms. The normalized spacial score (nSPS) is 15.1. The Balaban J connectivity index is 2.22. The maximum atomic E-state index is 9.35. The Labute approximate surface area is 89.5 Å². The van der Waals surface area contributed by atoms with Crippen LogP contribution in [0.15, 0.2) is 30.3 Å². The molecule has 0 amide bonds. The Hall–Kier alpha value is -0.570. The molecular formula is C11H15ClO2. The zero-order valence-electron chi connectivity index (χ0n) is 8.19. The molecule has 0 fully saturated rings. The van der Waals surface area contributed by atoms with Gasteiger partial charge in [0.05, 0.1) is 24.7 Å². The topological polar surface area (TPSA) is 29.5 Å². The molecule has 14 heavy (non-hydrogen) atoms. The van der Waals surface area contributed by atoms with Crippen molar-refractivity contribution in [3.63, 3.8) is 0 Å². The van der Waals surface area contributed by atoms with Crippen LogP contribution in [-0.4, -0.2) is 23.2 Å². The van der Waals surface area contributed by atoms with Crippen LogP contribution in [-0.2, 0) is 11.3 Å². The van der Waals surface area contributed by atoms with Crippen molar-refractivity contribution in [2.75, 3.05) is 6.61 Å². The van der Waals surface area contributed by atoms with Gasteiger partial charge in [0.1, 0.15) is 0 Å². The molecule has 0 aliphatic heterocycles. The molecule has 2 nitrogen and oxygen atoms in total. The number of ether oxygens (including phenoxy) is 1. The summed E-state index contributed by atoms with van der Waals surface area (Å²) in [6, 6.07) is 9.84. The molecule has 0 aromatic heterocycles. The summed E-state index contributed by atoms with van der Waals surface area (Å²) in [5.41, 5.74) is 1.10. The molecule has 0 aliphatic rings. The number of aliphatic hydroxyl groups is 1. The number of rotatable bonds is 5. The third-order valence-electron chi connectivity index (χ3n) is 1.93. The number of benzene rings is 1. The SMILES string of the molecule is CC(Cl)C(O)COCc1ccccc1. The average molecular weight is 215 g/mol. The Morgan fingerprint density at radius 3 is 2.57 bits per heavy atom. The standard InChI is InChI=1S/C11H15ClO2/c1-9(12)11(13)8-14-7-10-5-3-2-4-6-10/h2-6,9,11,13H,7-8H2,1H3. The van der Waals surface area contributed by atoms with Crippen molar-refractivity contribution in [3.8, 4) is 0 Å². The minimum Gasteiger partial charge on any atom is -0.389 e. The summed E-state index contributed by atoms with van der Waals surface area (Å²) in [5, 5.41) is 9.08. The molecule has 0 aliphatic carbocycles. The summed E-state index contributed by atoms with van der Waals surface area (Å²) in [5.74, 6) is 0. The quantitative estimate of drug-likeness (QED) is 0.762. The van der Waals surface area contributed by atoms with Crippen LogP contribution in [0, 0.1) is 0 Å². The van der Waals surface area contributed by atoms with E-state index in [0.717, 1.165) is 5.56 Å². The van der Waals surface area contributed by atoms with Crippen molar-refractivity contribution < 1.29 is 9.84 Å². The predicted molar refractivity (Wildman–Crippen MR) is 57.4 cm³/mol. The second-order valence-electron chi connectivity index (χ2n) is 3.25. The van der Waals surface area contributed by atoms with Crippen LogP contribution >= 0.6 is 11.6 Å². The minimum atomic E-state index is -0.597. The first-order chi connectivity index (χ1) is 6.70. The van der Waals surface area contributed by atoms with E-state index in [-0.39, 0.29) is 12.0 Å². The van der Waals surface area contributed by atoms with Crippen LogP contribution in [0.25, 0.3) is 0 Å². The summed E-state index contributed by atoms with van der Waals surface area (Å²) in [6.07, 6.45) is -0.597. The van der Waals surface area contributed by atoms with Crippen molar-refractivity contribution in [3.05, 3.63) is 35.9 Å². The Kier molecular flexibility index (Phi) is 4.94. The van der Waals surface area contributed by atoms with Gasteiger partial charge >= 0.3 is 0 Å². The number of aliphatic hydroxyl groups excluding tert-OH is 1. The fourth-order valence-corrected chi connectivity index (χ4v) is 1.08. The van der Waals surface area contributed by atoms with E-state index < -0.39 is 6.10 Å². The third-order valence-corrected chi connectivity index (χ3v) is 2.22. The van der Waals surface area contributed by atoms with E-state index in [2.05, 4.69) is 0 Å². The maximum absolute atomic E-state index is 9.35. The molecule has 0 heterocycles. The van der Waals surface area contributed by atoms with Crippen LogP contribution in [0.1, 0.15) is 12.5 Å². The number of hydrogen-bond acceptors (Lipinski definition) is 2.